The molecule has 2 N–H and O–H groups in total. The molecule has 0 aliphatic carbocycles. The Labute approximate surface area is 171 Å². The first-order valence-corrected chi connectivity index (χ1v) is 10.9. The summed E-state index contributed by atoms with van der Waals surface area (Å²) in [4.78, 5) is 0.661. The van der Waals surface area contributed by atoms with Crippen LogP contribution >= 0.6 is 23.5 Å². The van der Waals surface area contributed by atoms with E-state index < -0.39 is 0 Å². The van der Waals surface area contributed by atoms with Crippen LogP contribution in [-0.4, -0.2) is 26.4 Å². The molecular formula is C21H19FN4S2. The Bertz CT molecular complexity index is 1090. The summed E-state index contributed by atoms with van der Waals surface area (Å²) in [5, 5.41) is 11.6. The zero-order valence-corrected chi connectivity index (χ0v) is 16.7. The maximum absolute atomic E-state index is 13.7. The molecule has 0 aliphatic heterocycles. The average molecular weight is 411 g/mol. The predicted molar refractivity (Wildman–Crippen MR) is 115 cm³/mol. The van der Waals surface area contributed by atoms with Crippen molar-refractivity contribution in [2.45, 2.75) is 16.5 Å². The van der Waals surface area contributed by atoms with Crippen molar-refractivity contribution in [1.82, 2.24) is 14.9 Å². The molecule has 4 aromatic rings. The zero-order valence-electron chi connectivity index (χ0n) is 15.1. The van der Waals surface area contributed by atoms with E-state index in [1.54, 1.807) is 16.8 Å². The third kappa shape index (κ3) is 4.15. The topological polar surface area (TPSA) is 56.7 Å². The van der Waals surface area contributed by atoms with Gasteiger partial charge in [-0.15, -0.1) is 22.0 Å². The van der Waals surface area contributed by atoms with E-state index in [1.165, 1.54) is 45.9 Å². The number of nitrogens with two attached hydrogens (primary N) is 1. The van der Waals surface area contributed by atoms with Crippen molar-refractivity contribution in [2.24, 2.45) is 0 Å². The van der Waals surface area contributed by atoms with Gasteiger partial charge in [0.05, 0.1) is 0 Å². The van der Waals surface area contributed by atoms with E-state index in [2.05, 4.69) is 34.5 Å². The van der Waals surface area contributed by atoms with E-state index in [-0.39, 0.29) is 5.82 Å². The number of nitrogens with zero attached hydrogens (tertiary/aromatic N) is 3. The Hall–Kier alpha value is -2.51. The number of rotatable bonds is 7. The number of halogens is 1. The largest absolute Gasteiger partial charge is 0.336 e. The normalized spacial score (nSPS) is 11.2. The highest BCUT2D eigenvalue weighted by Crippen LogP contribution is 2.25. The molecular weight excluding hydrogens is 391 g/mol. The molecule has 4 rings (SSSR count). The number of hydrogen-bond acceptors (Lipinski definition) is 5. The number of hydrogen-bond donors (Lipinski definition) is 1. The molecule has 4 nitrogen and oxygen atoms in total. The molecule has 0 atom stereocenters. The van der Waals surface area contributed by atoms with Crippen LogP contribution in [0.5, 0.6) is 0 Å². The number of thioether (sulfide) groups is 2. The summed E-state index contributed by atoms with van der Waals surface area (Å²) in [6.07, 6.45) is 0.620. The molecule has 1 aromatic heterocycles. The fourth-order valence-corrected chi connectivity index (χ4v) is 4.78. The lowest BCUT2D eigenvalue weighted by molar-refractivity contribution is 0.602. The summed E-state index contributed by atoms with van der Waals surface area (Å²) in [6, 6.07) is 21.3. The Balaban J connectivity index is 1.39. The van der Waals surface area contributed by atoms with Crippen molar-refractivity contribution in [3.8, 4) is 0 Å². The van der Waals surface area contributed by atoms with Crippen LogP contribution < -0.4 is 5.84 Å². The molecule has 0 unspecified atom stereocenters. The summed E-state index contributed by atoms with van der Waals surface area (Å²) in [5.74, 6) is 8.28. The molecule has 1 heterocycles. The highest BCUT2D eigenvalue weighted by Gasteiger charge is 2.12. The zero-order chi connectivity index (χ0) is 19.3. The average Bonchev–Trinajstić information content (AvgIpc) is 3.06. The molecule has 0 spiro atoms. The smallest absolute Gasteiger partial charge is 0.209 e. The van der Waals surface area contributed by atoms with Crippen LogP contribution in [0.4, 0.5) is 4.39 Å². The molecule has 28 heavy (non-hydrogen) atoms. The van der Waals surface area contributed by atoms with E-state index in [0.717, 1.165) is 17.3 Å². The number of nitrogen functional groups attached to an aromatic ring is 1. The Morgan fingerprint density at radius 1 is 0.857 bits per heavy atom. The van der Waals surface area contributed by atoms with Crippen LogP contribution in [0, 0.1) is 5.82 Å². The minimum Gasteiger partial charge on any atom is -0.336 e. The van der Waals surface area contributed by atoms with Crippen molar-refractivity contribution in [3.05, 3.63) is 83.9 Å². The Kier molecular flexibility index (Phi) is 5.83. The SMILES string of the molecule is Nn1c(Cc2cccc3ccccc23)nnc1SCCSc1ccccc1F. The first kappa shape index (κ1) is 18.8. The van der Waals surface area contributed by atoms with E-state index in [4.69, 9.17) is 5.84 Å². The van der Waals surface area contributed by atoms with Gasteiger partial charge < -0.3 is 5.84 Å². The van der Waals surface area contributed by atoms with Gasteiger partial charge in [-0.25, -0.2) is 9.07 Å². The van der Waals surface area contributed by atoms with Gasteiger partial charge in [0.15, 0.2) is 5.82 Å². The second-order valence-corrected chi connectivity index (χ2v) is 8.41. The molecule has 0 saturated carbocycles. The lowest BCUT2D eigenvalue weighted by Gasteiger charge is -2.07. The maximum atomic E-state index is 13.7. The van der Waals surface area contributed by atoms with Crippen molar-refractivity contribution in [1.29, 1.82) is 0 Å². The maximum Gasteiger partial charge on any atom is 0.209 e. The quantitative estimate of drug-likeness (QED) is 0.270. The minimum absolute atomic E-state index is 0.183. The van der Waals surface area contributed by atoms with E-state index in [0.29, 0.717) is 16.5 Å². The van der Waals surface area contributed by atoms with Gasteiger partial charge in [0.25, 0.3) is 0 Å². The third-order valence-electron chi connectivity index (χ3n) is 4.37. The first-order chi connectivity index (χ1) is 13.7. The van der Waals surface area contributed by atoms with Crippen LogP contribution in [0.15, 0.2) is 76.8 Å². The molecule has 142 valence electrons. The predicted octanol–water partition coefficient (Wildman–Crippen LogP) is 4.76. The standard InChI is InChI=1S/C21H19FN4S2/c22-18-10-3-4-11-19(18)27-12-13-28-21-25-24-20(26(21)23)14-16-8-5-7-15-6-1-2-9-17(15)16/h1-11H,12-14,23H2. The van der Waals surface area contributed by atoms with Crippen LogP contribution in [-0.2, 0) is 6.42 Å². The van der Waals surface area contributed by atoms with Crippen molar-refractivity contribution in [3.63, 3.8) is 0 Å². The van der Waals surface area contributed by atoms with Gasteiger partial charge in [0.2, 0.25) is 5.16 Å². The monoisotopic (exact) mass is 410 g/mol. The third-order valence-corrected chi connectivity index (χ3v) is 6.63. The van der Waals surface area contributed by atoms with E-state index in [9.17, 15) is 4.39 Å². The van der Waals surface area contributed by atoms with Gasteiger partial charge in [-0.1, -0.05) is 66.4 Å². The number of aromatic nitrogens is 3. The summed E-state index contributed by atoms with van der Waals surface area (Å²) >= 11 is 3.02. The van der Waals surface area contributed by atoms with Gasteiger partial charge in [-0.2, -0.15) is 0 Å². The molecule has 0 aliphatic rings. The van der Waals surface area contributed by atoms with Gasteiger partial charge in [0.1, 0.15) is 5.82 Å². The minimum atomic E-state index is -0.183. The summed E-state index contributed by atoms with van der Waals surface area (Å²) < 4.78 is 15.2. The molecule has 0 radical (unpaired) electrons. The van der Waals surface area contributed by atoms with Crippen molar-refractivity contribution < 1.29 is 4.39 Å². The lowest BCUT2D eigenvalue weighted by atomic mass is 10.0. The summed E-state index contributed by atoms with van der Waals surface area (Å²) in [6.45, 7) is 0. The summed E-state index contributed by atoms with van der Waals surface area (Å²) in [7, 11) is 0. The van der Waals surface area contributed by atoms with Crippen LogP contribution in [0.25, 0.3) is 10.8 Å². The first-order valence-electron chi connectivity index (χ1n) is 8.88. The molecule has 7 heteroatoms. The number of benzene rings is 3. The van der Waals surface area contributed by atoms with Gasteiger partial charge in [-0.3, -0.25) is 0 Å². The second-order valence-electron chi connectivity index (χ2n) is 6.21. The lowest BCUT2D eigenvalue weighted by Crippen LogP contribution is -2.14. The fraction of sp³-hybridized carbons (Fsp3) is 0.143. The highest BCUT2D eigenvalue weighted by molar-refractivity contribution is 8.02. The van der Waals surface area contributed by atoms with E-state index in [1.807, 2.05) is 24.3 Å². The molecule has 0 bridgehead atoms. The van der Waals surface area contributed by atoms with E-state index >= 15 is 0 Å². The number of fused-ring (bicyclic) bond motifs is 1. The summed E-state index contributed by atoms with van der Waals surface area (Å²) in [5.41, 5.74) is 1.17. The Morgan fingerprint density at radius 3 is 2.50 bits per heavy atom. The highest BCUT2D eigenvalue weighted by atomic mass is 32.2. The molecule has 0 saturated heterocycles. The van der Waals surface area contributed by atoms with Gasteiger partial charge in [-0.05, 0) is 28.5 Å². The van der Waals surface area contributed by atoms with Crippen LogP contribution in [0.2, 0.25) is 0 Å². The van der Waals surface area contributed by atoms with Crippen LogP contribution in [0.1, 0.15) is 11.4 Å². The van der Waals surface area contributed by atoms with Gasteiger partial charge in [0, 0.05) is 22.8 Å². The second kappa shape index (κ2) is 8.67. The molecule has 0 fully saturated rings. The van der Waals surface area contributed by atoms with Crippen molar-refractivity contribution >= 4 is 34.3 Å². The van der Waals surface area contributed by atoms with Crippen molar-refractivity contribution in [2.75, 3.05) is 17.3 Å². The van der Waals surface area contributed by atoms with Gasteiger partial charge >= 0.3 is 0 Å². The fourth-order valence-electron chi connectivity index (χ4n) is 2.99. The van der Waals surface area contributed by atoms with Crippen LogP contribution in [0.3, 0.4) is 0 Å². The molecule has 3 aromatic carbocycles. The Morgan fingerprint density at radius 2 is 1.61 bits per heavy atom. The molecule has 0 amide bonds.